The van der Waals surface area contributed by atoms with Gasteiger partial charge in [0.1, 0.15) is 10.6 Å². The number of benzene rings is 2. The molecule has 0 unspecified atom stereocenters. The van der Waals surface area contributed by atoms with Crippen LogP contribution in [-0.2, 0) is 13.1 Å². The Hall–Kier alpha value is -2.70. The first-order valence-corrected chi connectivity index (χ1v) is 10.3. The highest BCUT2D eigenvalue weighted by Crippen LogP contribution is 2.28. The minimum atomic E-state index is -0.437. The number of fused-ring (bicyclic) bond motifs is 1. The van der Waals surface area contributed by atoms with Crippen molar-refractivity contribution in [1.82, 2.24) is 9.13 Å². The van der Waals surface area contributed by atoms with Crippen LogP contribution in [0.2, 0.25) is 5.02 Å². The fraction of sp³-hybridized carbons (Fsp3) is 0.182. The van der Waals surface area contributed by atoms with Gasteiger partial charge in [-0.05, 0) is 42.7 Å². The van der Waals surface area contributed by atoms with Crippen molar-refractivity contribution in [3.8, 4) is 0 Å². The zero-order valence-electron chi connectivity index (χ0n) is 15.9. The highest BCUT2D eigenvalue weighted by molar-refractivity contribution is 7.18. The van der Waals surface area contributed by atoms with Gasteiger partial charge in [-0.3, -0.25) is 13.9 Å². The van der Waals surface area contributed by atoms with E-state index in [-0.39, 0.29) is 23.7 Å². The molecule has 4 nitrogen and oxygen atoms in total. The molecule has 0 saturated carbocycles. The molecular formula is C22H18ClFN2O2S. The van der Waals surface area contributed by atoms with E-state index in [1.54, 1.807) is 10.6 Å². The predicted molar refractivity (Wildman–Crippen MR) is 116 cm³/mol. The third-order valence-electron chi connectivity index (χ3n) is 5.06. The Labute approximate surface area is 175 Å². The number of thiophene rings is 1. The van der Waals surface area contributed by atoms with Gasteiger partial charge in [-0.1, -0.05) is 48.0 Å². The van der Waals surface area contributed by atoms with Gasteiger partial charge < -0.3 is 0 Å². The number of hydrogen-bond donors (Lipinski definition) is 0. The number of aromatic nitrogens is 2. The highest BCUT2D eigenvalue weighted by Gasteiger charge is 2.19. The molecule has 4 rings (SSSR count). The van der Waals surface area contributed by atoms with Crippen LogP contribution in [0.15, 0.2) is 58.1 Å². The molecule has 0 aliphatic carbocycles. The standard InChI is InChI=1S/C22H18ClFN2O2S/c1-13-14(2)29-21-19(13)20(27)25(11-15-6-4-3-5-7-15)22(28)26(21)12-16-8-9-17(24)10-18(16)23/h3-10H,11-12H2,1-2H3. The SMILES string of the molecule is Cc1sc2c(c1C)c(=O)n(Cc1ccccc1)c(=O)n2Cc1ccc(F)cc1Cl. The molecule has 2 heterocycles. The molecule has 7 heteroatoms. The van der Waals surface area contributed by atoms with Gasteiger partial charge in [0.2, 0.25) is 0 Å². The molecule has 29 heavy (non-hydrogen) atoms. The van der Waals surface area contributed by atoms with E-state index < -0.39 is 11.5 Å². The molecule has 2 aromatic heterocycles. The highest BCUT2D eigenvalue weighted by atomic mass is 35.5. The quantitative estimate of drug-likeness (QED) is 0.471. The van der Waals surface area contributed by atoms with E-state index in [1.165, 1.54) is 28.0 Å². The molecule has 2 aromatic carbocycles. The summed E-state index contributed by atoms with van der Waals surface area (Å²) in [5, 5.41) is 0.789. The summed E-state index contributed by atoms with van der Waals surface area (Å²) >= 11 is 7.61. The van der Waals surface area contributed by atoms with Crippen molar-refractivity contribution < 1.29 is 4.39 Å². The second kappa shape index (κ2) is 7.61. The first-order chi connectivity index (χ1) is 13.9. The molecule has 0 radical (unpaired) electrons. The third-order valence-corrected chi connectivity index (χ3v) is 6.64. The molecule has 0 atom stereocenters. The van der Waals surface area contributed by atoms with Crippen LogP contribution in [0.25, 0.3) is 10.2 Å². The van der Waals surface area contributed by atoms with Crippen LogP contribution >= 0.6 is 22.9 Å². The van der Waals surface area contributed by atoms with Crippen LogP contribution in [-0.4, -0.2) is 9.13 Å². The number of aryl methyl sites for hydroxylation is 2. The number of nitrogens with zero attached hydrogens (tertiary/aromatic N) is 2. The summed E-state index contributed by atoms with van der Waals surface area (Å²) < 4.78 is 16.3. The second-order valence-corrected chi connectivity index (χ2v) is 8.56. The number of rotatable bonds is 4. The lowest BCUT2D eigenvalue weighted by Crippen LogP contribution is -2.40. The molecule has 0 aliphatic heterocycles. The Kier molecular flexibility index (Phi) is 5.15. The fourth-order valence-electron chi connectivity index (χ4n) is 3.37. The second-order valence-electron chi connectivity index (χ2n) is 6.94. The van der Waals surface area contributed by atoms with Gasteiger partial charge in [0.15, 0.2) is 0 Å². The van der Waals surface area contributed by atoms with Crippen molar-refractivity contribution in [3.63, 3.8) is 0 Å². The third kappa shape index (κ3) is 3.54. The molecular weight excluding hydrogens is 411 g/mol. The molecule has 0 bridgehead atoms. The minimum absolute atomic E-state index is 0.156. The van der Waals surface area contributed by atoms with Gasteiger partial charge in [0.05, 0.1) is 18.5 Å². The Morgan fingerprint density at radius 3 is 2.41 bits per heavy atom. The largest absolute Gasteiger partial charge is 0.332 e. The van der Waals surface area contributed by atoms with Gasteiger partial charge in [0.25, 0.3) is 5.56 Å². The van der Waals surface area contributed by atoms with Gasteiger partial charge in [-0.2, -0.15) is 0 Å². The lowest BCUT2D eigenvalue weighted by Gasteiger charge is -2.13. The van der Waals surface area contributed by atoms with Gasteiger partial charge in [-0.15, -0.1) is 11.3 Å². The maximum atomic E-state index is 13.4. The summed E-state index contributed by atoms with van der Waals surface area (Å²) in [5.41, 5.74) is 1.65. The Bertz CT molecular complexity index is 1340. The average molecular weight is 429 g/mol. The first kappa shape index (κ1) is 19.6. The smallest absolute Gasteiger partial charge is 0.280 e. The number of halogens is 2. The Balaban J connectivity index is 1.96. The van der Waals surface area contributed by atoms with E-state index in [1.807, 2.05) is 44.2 Å². The zero-order chi connectivity index (χ0) is 20.7. The van der Waals surface area contributed by atoms with Gasteiger partial charge in [-0.25, -0.2) is 9.18 Å². The Morgan fingerprint density at radius 2 is 1.72 bits per heavy atom. The Morgan fingerprint density at radius 1 is 1.00 bits per heavy atom. The summed E-state index contributed by atoms with van der Waals surface area (Å²) in [6.07, 6.45) is 0. The summed E-state index contributed by atoms with van der Waals surface area (Å²) in [6, 6.07) is 13.5. The van der Waals surface area contributed by atoms with Crippen LogP contribution in [0.5, 0.6) is 0 Å². The van der Waals surface area contributed by atoms with E-state index in [0.717, 1.165) is 16.0 Å². The van der Waals surface area contributed by atoms with Gasteiger partial charge >= 0.3 is 5.69 Å². The van der Waals surface area contributed by atoms with Crippen LogP contribution in [0.4, 0.5) is 4.39 Å². The van der Waals surface area contributed by atoms with Gasteiger partial charge in [0, 0.05) is 9.90 Å². The van der Waals surface area contributed by atoms with Crippen molar-refractivity contribution in [1.29, 1.82) is 0 Å². The van der Waals surface area contributed by atoms with E-state index in [0.29, 0.717) is 15.8 Å². The van der Waals surface area contributed by atoms with Crippen LogP contribution in [0, 0.1) is 19.7 Å². The summed E-state index contributed by atoms with van der Waals surface area (Å²) in [4.78, 5) is 28.1. The van der Waals surface area contributed by atoms with E-state index in [9.17, 15) is 14.0 Å². The summed E-state index contributed by atoms with van der Waals surface area (Å²) in [5.74, 6) is -0.437. The van der Waals surface area contributed by atoms with Crippen LogP contribution < -0.4 is 11.2 Å². The monoisotopic (exact) mass is 428 g/mol. The lowest BCUT2D eigenvalue weighted by molar-refractivity contribution is 0.622. The first-order valence-electron chi connectivity index (χ1n) is 9.08. The van der Waals surface area contributed by atoms with E-state index >= 15 is 0 Å². The lowest BCUT2D eigenvalue weighted by atomic mass is 10.2. The topological polar surface area (TPSA) is 44.0 Å². The zero-order valence-corrected chi connectivity index (χ0v) is 17.5. The average Bonchev–Trinajstić information content (AvgIpc) is 2.99. The van der Waals surface area contributed by atoms with E-state index in [4.69, 9.17) is 11.6 Å². The summed E-state index contributed by atoms with van der Waals surface area (Å²) in [6.45, 7) is 4.16. The normalized spacial score (nSPS) is 11.3. The molecule has 0 spiro atoms. The van der Waals surface area contributed by atoms with Crippen molar-refractivity contribution >= 4 is 33.2 Å². The molecule has 148 valence electrons. The van der Waals surface area contributed by atoms with Crippen molar-refractivity contribution in [2.45, 2.75) is 26.9 Å². The molecule has 4 aromatic rings. The number of hydrogen-bond acceptors (Lipinski definition) is 3. The molecule has 0 fully saturated rings. The molecule has 0 saturated heterocycles. The predicted octanol–water partition coefficient (Wildman–Crippen LogP) is 4.73. The molecule has 0 aliphatic rings. The van der Waals surface area contributed by atoms with Crippen LogP contribution in [0.3, 0.4) is 0 Å². The van der Waals surface area contributed by atoms with Crippen molar-refractivity contribution in [2.24, 2.45) is 0 Å². The summed E-state index contributed by atoms with van der Waals surface area (Å²) in [7, 11) is 0. The van der Waals surface area contributed by atoms with Crippen LogP contribution in [0.1, 0.15) is 21.6 Å². The maximum Gasteiger partial charge on any atom is 0.332 e. The maximum absolute atomic E-state index is 13.4. The fourth-order valence-corrected chi connectivity index (χ4v) is 4.74. The molecule has 0 N–H and O–H groups in total. The van der Waals surface area contributed by atoms with E-state index in [2.05, 4.69) is 0 Å². The van der Waals surface area contributed by atoms with Crippen molar-refractivity contribution in [2.75, 3.05) is 0 Å². The minimum Gasteiger partial charge on any atom is -0.280 e. The molecule has 0 amide bonds. The van der Waals surface area contributed by atoms with Crippen molar-refractivity contribution in [3.05, 3.63) is 102 Å².